The molecule has 0 bridgehead atoms. The summed E-state index contributed by atoms with van der Waals surface area (Å²) < 4.78 is 0. The summed E-state index contributed by atoms with van der Waals surface area (Å²) in [7, 11) is -1.44. The van der Waals surface area contributed by atoms with Crippen LogP contribution < -0.4 is 36.8 Å². The molecule has 4 aromatic heterocycles. The van der Waals surface area contributed by atoms with Crippen LogP contribution in [0.5, 0.6) is 0 Å². The van der Waals surface area contributed by atoms with Crippen molar-refractivity contribution < 1.29 is 17.1 Å². The number of aryl methyl sites for hydroxylation is 1. The van der Waals surface area contributed by atoms with Gasteiger partial charge >= 0.3 is 17.1 Å². The fourth-order valence-electron chi connectivity index (χ4n) is 8.44. The smallest absolute Gasteiger partial charge is 0.664 e. The average Bonchev–Trinajstić information content (AvgIpc) is 4.19. The van der Waals surface area contributed by atoms with Gasteiger partial charge in [-0.1, -0.05) is 194 Å². The van der Waals surface area contributed by atoms with Crippen molar-refractivity contribution in [1.82, 2.24) is 19.9 Å². The molecule has 0 aliphatic rings. The third kappa shape index (κ3) is 12.6. The number of para-hydroxylation sites is 2. The third-order valence-electron chi connectivity index (χ3n) is 11.8. The molecule has 0 saturated carbocycles. The fourth-order valence-corrected chi connectivity index (χ4v) is 13.6. The van der Waals surface area contributed by atoms with Crippen LogP contribution >= 0.6 is 15.8 Å². The molecule has 4 nitrogen and oxygen atoms in total. The van der Waals surface area contributed by atoms with Gasteiger partial charge in [0.1, 0.15) is 0 Å². The predicted octanol–water partition coefficient (Wildman–Crippen LogP) is 13.2. The molecule has 1 radical (unpaired) electrons. The maximum atomic E-state index is 4.42. The number of rotatable bonds is 8. The monoisotopic (exact) mass is 1000 g/mol. The normalized spacial score (nSPS) is 10.5. The molecular formula is C64H53CuN4P2+. The second-order valence-corrected chi connectivity index (χ2v) is 21.1. The van der Waals surface area contributed by atoms with Gasteiger partial charge in [0.15, 0.2) is 0 Å². The van der Waals surface area contributed by atoms with E-state index >= 15 is 0 Å². The van der Waals surface area contributed by atoms with Gasteiger partial charge < -0.3 is 9.97 Å². The first-order chi connectivity index (χ1) is 34.6. The van der Waals surface area contributed by atoms with E-state index < -0.39 is 15.8 Å². The topological polar surface area (TPSA) is 55.7 Å². The number of benzene rings is 8. The largest absolute Gasteiger partial charge is 2.00 e. The van der Waals surface area contributed by atoms with Crippen LogP contribution in [0.2, 0.25) is 0 Å². The number of hydrogen-bond acceptors (Lipinski definition) is 2. The number of aromatic amines is 1. The molecule has 0 saturated heterocycles. The molecular weight excluding hydrogens is 950 g/mol. The van der Waals surface area contributed by atoms with Crippen molar-refractivity contribution in [3.8, 4) is 22.5 Å². The first-order valence-electron chi connectivity index (χ1n) is 23.4. The number of nitrogens with one attached hydrogen (secondary N) is 1. The minimum absolute atomic E-state index is 0. The number of aromatic nitrogens is 4. The van der Waals surface area contributed by atoms with Crippen LogP contribution in [0.15, 0.2) is 280 Å². The summed E-state index contributed by atoms with van der Waals surface area (Å²) in [4.78, 5) is 16.3. The molecule has 0 aliphatic heterocycles. The molecule has 0 fully saturated rings. The van der Waals surface area contributed by atoms with Crippen molar-refractivity contribution in [2.45, 2.75) is 6.92 Å². The summed E-state index contributed by atoms with van der Waals surface area (Å²) in [6.45, 7) is 6.42. The summed E-state index contributed by atoms with van der Waals surface area (Å²) in [5.41, 5.74) is 8.90. The second-order valence-electron chi connectivity index (χ2n) is 16.4. The van der Waals surface area contributed by atoms with Gasteiger partial charge in [-0.2, -0.15) is 24.8 Å². The average molecular weight is 1000 g/mol. The minimum atomic E-state index is -0.970. The zero-order valence-corrected chi connectivity index (χ0v) is 42.2. The Morgan fingerprint density at radius 3 is 1.51 bits per heavy atom. The number of pyridine rings is 2. The number of H-pyrrole nitrogens is 1. The van der Waals surface area contributed by atoms with Crippen LogP contribution in [0, 0.1) is 13.8 Å². The van der Waals surface area contributed by atoms with E-state index in [4.69, 9.17) is 0 Å². The zero-order chi connectivity index (χ0) is 47.7. The van der Waals surface area contributed by atoms with Crippen molar-refractivity contribution in [2.75, 3.05) is 0 Å². The summed E-state index contributed by atoms with van der Waals surface area (Å²) in [6.07, 6.45) is 7.37. The van der Waals surface area contributed by atoms with E-state index in [2.05, 4.69) is 252 Å². The number of nitrogens with zero attached hydrogens (tertiary/aromatic N) is 3. The van der Waals surface area contributed by atoms with Crippen molar-refractivity contribution in [3.05, 3.63) is 298 Å². The molecule has 4 heterocycles. The Hall–Kier alpha value is -7.61. The predicted molar refractivity (Wildman–Crippen MR) is 303 cm³/mol. The van der Waals surface area contributed by atoms with E-state index in [9.17, 15) is 0 Å². The summed E-state index contributed by atoms with van der Waals surface area (Å²) >= 11 is 0. The zero-order valence-electron chi connectivity index (χ0n) is 39.4. The van der Waals surface area contributed by atoms with E-state index in [1.807, 2.05) is 55.0 Å². The molecule has 12 aromatic rings. The Kier molecular flexibility index (Phi) is 17.8. The van der Waals surface area contributed by atoms with Gasteiger partial charge in [-0.05, 0) is 90.4 Å². The van der Waals surface area contributed by atoms with E-state index in [1.165, 1.54) is 42.8 Å². The van der Waals surface area contributed by atoms with Crippen LogP contribution in [-0.2, 0) is 17.1 Å². The molecule has 0 atom stereocenters. The summed E-state index contributed by atoms with van der Waals surface area (Å²) in [5.74, 6) is 0. The van der Waals surface area contributed by atoms with Crippen molar-refractivity contribution >= 4 is 69.5 Å². The molecule has 8 aromatic carbocycles. The van der Waals surface area contributed by atoms with Gasteiger partial charge in [0.2, 0.25) is 0 Å². The quantitative estimate of drug-likeness (QED) is 0.0937. The van der Waals surface area contributed by atoms with Gasteiger partial charge in [-0.15, -0.1) is 11.8 Å². The molecule has 0 unspecified atom stereocenters. The Bertz CT molecular complexity index is 3140. The van der Waals surface area contributed by atoms with Crippen molar-refractivity contribution in [3.63, 3.8) is 0 Å². The first kappa shape index (κ1) is 49.8. The molecule has 12 rings (SSSR count). The molecule has 0 aliphatic carbocycles. The van der Waals surface area contributed by atoms with E-state index in [-0.39, 0.29) is 17.1 Å². The number of hydrogen-bond donors (Lipinski definition) is 1. The van der Waals surface area contributed by atoms with Gasteiger partial charge in [0.05, 0.1) is 29.6 Å². The van der Waals surface area contributed by atoms with Crippen LogP contribution in [0.3, 0.4) is 0 Å². The van der Waals surface area contributed by atoms with E-state index in [0.717, 1.165) is 44.5 Å². The van der Waals surface area contributed by atoms with Crippen LogP contribution in [0.1, 0.15) is 11.1 Å². The molecule has 0 amide bonds. The van der Waals surface area contributed by atoms with Gasteiger partial charge in [-0.3, -0.25) is 9.97 Å². The van der Waals surface area contributed by atoms with Crippen molar-refractivity contribution in [2.24, 2.45) is 0 Å². The Labute approximate surface area is 431 Å². The van der Waals surface area contributed by atoms with Crippen LogP contribution in [0.4, 0.5) is 0 Å². The molecule has 7 heteroatoms. The Balaban J connectivity index is 0.000000127. The van der Waals surface area contributed by atoms with Gasteiger partial charge in [0.25, 0.3) is 0 Å². The number of fused-ring (bicyclic) bond motifs is 2. The second kappa shape index (κ2) is 25.3. The summed E-state index contributed by atoms with van der Waals surface area (Å²) in [6, 6.07) is 88.8. The third-order valence-corrected chi connectivity index (χ3v) is 17.2. The first-order valence-corrected chi connectivity index (χ1v) is 26.2. The Morgan fingerprint density at radius 1 is 0.465 bits per heavy atom. The standard InChI is InChI=1S/C19H17P.C19H16P.C13H10N2.C13H9N2.Cu/c2*1-16-10-8-9-15-19(16)20(17-11-4-2-5-12-17)18-13-6-3-7-14-18;2*1-4-10-5-2-9-15-13(10)11(6-1)12-7-3-8-14-12;/h2-15H,1H3;2-15H,1H2;1-9,14H;1-9H;/q;-1;;-1;+2/p+1. The van der Waals surface area contributed by atoms with E-state index in [0.29, 0.717) is 0 Å². The van der Waals surface area contributed by atoms with Crippen LogP contribution in [0.25, 0.3) is 44.3 Å². The summed E-state index contributed by atoms with van der Waals surface area (Å²) in [5, 5.41) is 10.8. The van der Waals surface area contributed by atoms with Gasteiger partial charge in [-0.25, -0.2) is 0 Å². The molecule has 71 heavy (non-hydrogen) atoms. The molecule has 0 spiro atoms. The van der Waals surface area contributed by atoms with E-state index in [1.54, 1.807) is 6.20 Å². The minimum Gasteiger partial charge on any atom is -0.664 e. The molecule has 1 N–H and O–H groups in total. The maximum Gasteiger partial charge on any atom is 2.00 e. The SMILES string of the molecule is Cc1ccccc1P(c1ccccc1)c1ccccc1.[CH2-]c1ccccc1[PH+](c1ccccc1)c1ccccc1.[Cu+2].c1c[n-]c(-c2cccc3cccnc23)c1.c1c[nH]c(-c2cccc3cccnc23)c1. The maximum absolute atomic E-state index is 4.42. The van der Waals surface area contributed by atoms with Crippen LogP contribution in [-0.4, -0.2) is 15.0 Å². The molecule has 349 valence electrons. The Morgan fingerprint density at radius 2 is 0.972 bits per heavy atom. The van der Waals surface area contributed by atoms with Crippen molar-refractivity contribution in [1.29, 1.82) is 0 Å². The van der Waals surface area contributed by atoms with Gasteiger partial charge in [0, 0.05) is 45.9 Å². The fraction of sp³-hybridized carbons (Fsp3) is 0.0156.